The molecule has 1 atom stereocenters. The van der Waals surface area contributed by atoms with Crippen LogP contribution in [0.2, 0.25) is 0 Å². The number of oxazole rings is 1. The Bertz CT molecular complexity index is 874. The van der Waals surface area contributed by atoms with Crippen LogP contribution in [0.15, 0.2) is 65.2 Å². The summed E-state index contributed by atoms with van der Waals surface area (Å²) in [5, 5.41) is 3.03. The Hall–Kier alpha value is -2.92. The van der Waals surface area contributed by atoms with Gasteiger partial charge in [-0.2, -0.15) is 0 Å². The number of nitrogens with one attached hydrogen (secondary N) is 1. The lowest BCUT2D eigenvalue weighted by atomic mass is 10.1. The van der Waals surface area contributed by atoms with E-state index in [0.717, 1.165) is 24.8 Å². The molecule has 0 bridgehead atoms. The third-order valence-corrected chi connectivity index (χ3v) is 4.49. The summed E-state index contributed by atoms with van der Waals surface area (Å²) >= 11 is 0. The van der Waals surface area contributed by atoms with Crippen LogP contribution in [0.1, 0.15) is 36.5 Å². The fourth-order valence-corrected chi connectivity index (χ4v) is 2.96. The first-order chi connectivity index (χ1) is 13.2. The van der Waals surface area contributed by atoms with E-state index >= 15 is 0 Å². The standard InChI is InChI=1S/C22H25N3O2/c1-2-3-11-17(14-23)25-21(26)18-12-7-8-13-19(18)22-24-15-20(27-22)16-9-5-4-6-10-16/h4-10,12-13,15,17H,2-3,11,14,23H2,1H3,(H,25,26). The first-order valence-corrected chi connectivity index (χ1v) is 9.34. The maximum Gasteiger partial charge on any atom is 0.252 e. The fraction of sp³-hybridized carbons (Fsp3) is 0.273. The molecule has 3 rings (SSSR count). The van der Waals surface area contributed by atoms with Crippen molar-refractivity contribution in [3.05, 3.63) is 66.4 Å². The molecule has 0 spiro atoms. The van der Waals surface area contributed by atoms with Crippen molar-refractivity contribution in [1.82, 2.24) is 10.3 Å². The SMILES string of the molecule is CCCCC(CN)NC(=O)c1ccccc1-c1ncc(-c2ccccc2)o1. The quantitative estimate of drug-likeness (QED) is 0.627. The van der Waals surface area contributed by atoms with Crippen LogP contribution in [-0.4, -0.2) is 23.5 Å². The normalized spacial score (nSPS) is 11.9. The number of carbonyl (C=O) groups is 1. The maximum atomic E-state index is 12.8. The minimum atomic E-state index is -0.156. The van der Waals surface area contributed by atoms with Crippen molar-refractivity contribution < 1.29 is 9.21 Å². The second kappa shape index (κ2) is 9.14. The lowest BCUT2D eigenvalue weighted by Crippen LogP contribution is -2.40. The smallest absolute Gasteiger partial charge is 0.252 e. The van der Waals surface area contributed by atoms with E-state index < -0.39 is 0 Å². The van der Waals surface area contributed by atoms with E-state index in [2.05, 4.69) is 17.2 Å². The van der Waals surface area contributed by atoms with E-state index in [1.807, 2.05) is 48.5 Å². The molecule has 0 radical (unpaired) electrons. The number of nitrogens with zero attached hydrogens (tertiary/aromatic N) is 1. The Morgan fingerprint density at radius 3 is 2.63 bits per heavy atom. The highest BCUT2D eigenvalue weighted by molar-refractivity contribution is 6.00. The van der Waals surface area contributed by atoms with Gasteiger partial charge in [0.05, 0.1) is 11.8 Å². The number of aromatic nitrogens is 1. The van der Waals surface area contributed by atoms with Gasteiger partial charge in [0.15, 0.2) is 5.76 Å². The molecule has 140 valence electrons. The number of hydrogen-bond acceptors (Lipinski definition) is 4. The number of amides is 1. The molecule has 27 heavy (non-hydrogen) atoms. The Balaban J connectivity index is 1.84. The summed E-state index contributed by atoms with van der Waals surface area (Å²) in [4.78, 5) is 17.2. The zero-order valence-electron chi connectivity index (χ0n) is 15.5. The Labute approximate surface area is 159 Å². The number of carbonyl (C=O) groups excluding carboxylic acids is 1. The van der Waals surface area contributed by atoms with E-state index in [0.29, 0.717) is 29.3 Å². The molecule has 5 heteroatoms. The molecule has 1 unspecified atom stereocenters. The Morgan fingerprint density at radius 2 is 1.89 bits per heavy atom. The summed E-state index contributed by atoms with van der Waals surface area (Å²) in [6, 6.07) is 17.1. The third-order valence-electron chi connectivity index (χ3n) is 4.49. The van der Waals surface area contributed by atoms with Gasteiger partial charge < -0.3 is 15.5 Å². The first-order valence-electron chi connectivity index (χ1n) is 9.34. The highest BCUT2D eigenvalue weighted by Gasteiger charge is 2.19. The van der Waals surface area contributed by atoms with Gasteiger partial charge >= 0.3 is 0 Å². The molecule has 1 heterocycles. The Kier molecular flexibility index (Phi) is 6.39. The van der Waals surface area contributed by atoms with Gasteiger partial charge in [-0.15, -0.1) is 0 Å². The molecule has 0 aliphatic rings. The van der Waals surface area contributed by atoms with Crippen LogP contribution in [0.25, 0.3) is 22.8 Å². The van der Waals surface area contributed by atoms with E-state index in [1.165, 1.54) is 0 Å². The van der Waals surface area contributed by atoms with E-state index in [-0.39, 0.29) is 11.9 Å². The zero-order chi connectivity index (χ0) is 19.1. The van der Waals surface area contributed by atoms with Crippen LogP contribution in [0.3, 0.4) is 0 Å². The number of rotatable bonds is 8. The van der Waals surface area contributed by atoms with Gasteiger partial charge in [-0.3, -0.25) is 4.79 Å². The average molecular weight is 363 g/mol. The van der Waals surface area contributed by atoms with Crippen LogP contribution in [0.4, 0.5) is 0 Å². The molecule has 0 saturated carbocycles. The summed E-state index contributed by atoms with van der Waals surface area (Å²) in [7, 11) is 0. The number of unbranched alkanes of at least 4 members (excludes halogenated alkanes) is 1. The summed E-state index contributed by atoms with van der Waals surface area (Å²) < 4.78 is 5.93. The predicted molar refractivity (Wildman–Crippen MR) is 107 cm³/mol. The van der Waals surface area contributed by atoms with Crippen molar-refractivity contribution in [2.45, 2.75) is 32.2 Å². The van der Waals surface area contributed by atoms with Crippen LogP contribution in [-0.2, 0) is 0 Å². The number of benzene rings is 2. The molecule has 0 aliphatic carbocycles. The van der Waals surface area contributed by atoms with Crippen molar-refractivity contribution in [3.63, 3.8) is 0 Å². The first kappa shape index (κ1) is 18.9. The molecule has 3 aromatic rings. The van der Waals surface area contributed by atoms with Crippen molar-refractivity contribution >= 4 is 5.91 Å². The summed E-state index contributed by atoms with van der Waals surface area (Å²) in [6.45, 7) is 2.54. The minimum absolute atomic E-state index is 0.0325. The average Bonchev–Trinajstić information content (AvgIpc) is 3.21. The van der Waals surface area contributed by atoms with E-state index in [9.17, 15) is 4.79 Å². The van der Waals surface area contributed by atoms with Gasteiger partial charge in [0.2, 0.25) is 5.89 Å². The number of hydrogen-bond donors (Lipinski definition) is 2. The van der Waals surface area contributed by atoms with Crippen LogP contribution in [0, 0.1) is 0 Å². The lowest BCUT2D eigenvalue weighted by Gasteiger charge is -2.17. The predicted octanol–water partition coefficient (Wildman–Crippen LogP) is 4.26. The lowest BCUT2D eigenvalue weighted by molar-refractivity contribution is 0.0936. The van der Waals surface area contributed by atoms with Gasteiger partial charge in [-0.05, 0) is 18.6 Å². The molecule has 2 aromatic carbocycles. The minimum Gasteiger partial charge on any atom is -0.436 e. The third kappa shape index (κ3) is 4.63. The second-order valence-corrected chi connectivity index (χ2v) is 6.49. The zero-order valence-corrected chi connectivity index (χ0v) is 15.5. The highest BCUT2D eigenvalue weighted by Crippen LogP contribution is 2.28. The van der Waals surface area contributed by atoms with Gasteiger partial charge in [0.1, 0.15) is 0 Å². The van der Waals surface area contributed by atoms with Crippen LogP contribution >= 0.6 is 0 Å². The molecule has 1 amide bonds. The summed E-state index contributed by atoms with van der Waals surface area (Å²) in [5.74, 6) is 0.942. The summed E-state index contributed by atoms with van der Waals surface area (Å²) in [5.41, 5.74) is 7.96. The largest absolute Gasteiger partial charge is 0.436 e. The molecule has 0 aliphatic heterocycles. The van der Waals surface area contributed by atoms with Gasteiger partial charge in [0, 0.05) is 23.7 Å². The fourth-order valence-electron chi connectivity index (χ4n) is 2.96. The van der Waals surface area contributed by atoms with Gasteiger partial charge in [0.25, 0.3) is 5.91 Å². The number of nitrogens with two attached hydrogens (primary N) is 1. The van der Waals surface area contributed by atoms with Crippen molar-refractivity contribution in [2.24, 2.45) is 5.73 Å². The van der Waals surface area contributed by atoms with Gasteiger partial charge in [-0.1, -0.05) is 62.2 Å². The van der Waals surface area contributed by atoms with E-state index in [1.54, 1.807) is 12.3 Å². The molecule has 3 N–H and O–H groups in total. The molecule has 0 saturated heterocycles. The van der Waals surface area contributed by atoms with E-state index in [4.69, 9.17) is 10.2 Å². The van der Waals surface area contributed by atoms with Crippen molar-refractivity contribution in [1.29, 1.82) is 0 Å². The monoisotopic (exact) mass is 363 g/mol. The molecular weight excluding hydrogens is 338 g/mol. The molecule has 0 fully saturated rings. The molecular formula is C22H25N3O2. The Morgan fingerprint density at radius 1 is 1.15 bits per heavy atom. The van der Waals surface area contributed by atoms with Crippen molar-refractivity contribution in [3.8, 4) is 22.8 Å². The van der Waals surface area contributed by atoms with Crippen LogP contribution < -0.4 is 11.1 Å². The summed E-state index contributed by atoms with van der Waals surface area (Å²) in [6.07, 6.45) is 4.66. The molecule has 5 nitrogen and oxygen atoms in total. The maximum absolute atomic E-state index is 12.8. The van der Waals surface area contributed by atoms with Crippen molar-refractivity contribution in [2.75, 3.05) is 6.54 Å². The highest BCUT2D eigenvalue weighted by atomic mass is 16.4. The van der Waals surface area contributed by atoms with Gasteiger partial charge in [-0.25, -0.2) is 4.98 Å². The topological polar surface area (TPSA) is 81.1 Å². The molecule has 1 aromatic heterocycles. The second-order valence-electron chi connectivity index (χ2n) is 6.49. The van der Waals surface area contributed by atoms with Crippen LogP contribution in [0.5, 0.6) is 0 Å².